The first-order chi connectivity index (χ1) is 53.6. The van der Waals surface area contributed by atoms with Crippen LogP contribution >= 0.6 is 0 Å². The van der Waals surface area contributed by atoms with E-state index in [0.29, 0.717) is 50.5 Å². The average Bonchev–Trinajstić information content (AvgIpc) is 1.58. The summed E-state index contributed by atoms with van der Waals surface area (Å²) in [4.78, 5) is 101. The molecule has 8 unspecified atom stereocenters. The molecule has 0 aromatic heterocycles. The van der Waals surface area contributed by atoms with Crippen LogP contribution in [-0.4, -0.2) is 155 Å². The molecule has 24 nitrogen and oxygen atoms in total. The number of sulfonamides is 4. The minimum absolute atomic E-state index is 0.0613. The smallest absolute Gasteiger partial charge is 0.279 e. The molecule has 8 aromatic carbocycles. The molecule has 0 saturated carbocycles. The number of Topliss-reactive ketones (excluding diaryl/α,β-unsaturated/α-hetero) is 4. The van der Waals surface area contributed by atoms with E-state index in [1.165, 1.54) is 125 Å². The molecule has 0 N–H and O–H groups in total. The molecule has 8 atom stereocenters. The molecule has 4 aliphatic carbocycles. The Morgan fingerprint density at radius 3 is 1.18 bits per heavy atom. The lowest BCUT2D eigenvalue weighted by molar-refractivity contribution is -0.136. The topological polar surface area (TPSA) is 320 Å². The van der Waals surface area contributed by atoms with Gasteiger partial charge in [0.25, 0.3) is 40.1 Å². The second-order valence-electron chi connectivity index (χ2n) is 26.7. The Balaban J connectivity index is 0.000000131. The Morgan fingerprint density at radius 1 is 0.357 bits per heavy atom. The number of hydrazone groups is 1. The molecular weight excluding hydrogens is 1510 g/mol. The summed E-state index contributed by atoms with van der Waals surface area (Å²) < 4.78 is 121. The van der Waals surface area contributed by atoms with Crippen molar-refractivity contribution in [2.75, 3.05) is 33.2 Å². The molecule has 568 valence electrons. The lowest BCUT2D eigenvalue weighted by atomic mass is 9.78. The zero-order valence-electron chi connectivity index (χ0n) is 60.4. The second kappa shape index (κ2) is 31.4. The Hall–Kier alpha value is -12.6. The number of allylic oxidation sites excluding steroid dienone is 4. The van der Waals surface area contributed by atoms with Gasteiger partial charge in [0.2, 0.25) is 46.3 Å². The van der Waals surface area contributed by atoms with Gasteiger partial charge in [0.15, 0.2) is 0 Å². The highest BCUT2D eigenvalue weighted by Crippen LogP contribution is 2.47. The summed E-state index contributed by atoms with van der Waals surface area (Å²) in [6.45, 7) is 1.69. The molecule has 4 heterocycles. The van der Waals surface area contributed by atoms with E-state index in [4.69, 9.17) is 9.47 Å². The Kier molecular flexibility index (Phi) is 21.7. The van der Waals surface area contributed by atoms with Crippen molar-refractivity contribution in [1.82, 2.24) is 17.3 Å². The number of hydrogen-bond donors (Lipinski definition) is 0. The number of nitrogens with zero attached hydrogens (tertiary/aromatic N) is 6. The predicted molar refractivity (Wildman–Crippen MR) is 416 cm³/mol. The molecule has 0 radical (unpaired) electrons. The van der Waals surface area contributed by atoms with Crippen LogP contribution in [0, 0.1) is 23.7 Å². The number of ketones is 8. The fourth-order valence-electron chi connectivity index (χ4n) is 14.3. The summed E-state index contributed by atoms with van der Waals surface area (Å²) in [6.07, 6.45) is 13.5. The van der Waals surface area contributed by atoms with Crippen molar-refractivity contribution in [2.24, 2.45) is 28.8 Å². The van der Waals surface area contributed by atoms with Crippen LogP contribution < -0.4 is 14.4 Å². The van der Waals surface area contributed by atoms with Gasteiger partial charge in [-0.2, -0.15) is 17.9 Å². The van der Waals surface area contributed by atoms with Crippen LogP contribution in [0.25, 0.3) is 16.7 Å². The number of rotatable bonds is 15. The molecule has 0 amide bonds. The van der Waals surface area contributed by atoms with Crippen LogP contribution in [0.5, 0.6) is 11.5 Å². The molecule has 112 heavy (non-hydrogen) atoms. The zero-order chi connectivity index (χ0) is 79.7. The van der Waals surface area contributed by atoms with Crippen LogP contribution in [-0.2, 0) is 78.4 Å². The van der Waals surface area contributed by atoms with Gasteiger partial charge < -0.3 is 14.4 Å². The van der Waals surface area contributed by atoms with Crippen molar-refractivity contribution < 1.29 is 81.5 Å². The molecule has 8 aliphatic rings. The monoisotopic (exact) mass is 1580 g/mol. The number of benzene rings is 8. The van der Waals surface area contributed by atoms with E-state index in [-0.39, 0.29) is 25.3 Å². The highest BCUT2D eigenvalue weighted by Gasteiger charge is 2.53. The van der Waals surface area contributed by atoms with Crippen molar-refractivity contribution in [3.05, 3.63) is 313 Å². The van der Waals surface area contributed by atoms with E-state index in [1.807, 2.05) is 73.6 Å². The van der Waals surface area contributed by atoms with Gasteiger partial charge in [-0.05, 0) is 173 Å². The summed E-state index contributed by atoms with van der Waals surface area (Å²) in [5.74, 6) is -7.32. The number of hydrogen-bond acceptors (Lipinski definition) is 20. The fourth-order valence-corrected chi connectivity index (χ4v) is 20.3. The third-order valence-electron chi connectivity index (χ3n) is 19.9. The highest BCUT2D eigenvalue weighted by molar-refractivity contribution is 7.90. The van der Waals surface area contributed by atoms with Crippen molar-refractivity contribution in [3.63, 3.8) is 0 Å². The van der Waals surface area contributed by atoms with Crippen molar-refractivity contribution in [1.29, 1.82) is 0 Å². The molecule has 0 spiro atoms. The number of anilines is 1. The predicted octanol–water partition coefficient (Wildman–Crippen LogP) is 9.54. The molecule has 16 rings (SSSR count). The maximum Gasteiger partial charge on any atom is 0.279 e. The van der Waals surface area contributed by atoms with Crippen LogP contribution in [0.1, 0.15) is 29.2 Å². The molecule has 0 fully saturated rings. The lowest BCUT2D eigenvalue weighted by Crippen LogP contribution is -2.44. The Labute approximate surface area is 646 Å². The Morgan fingerprint density at radius 2 is 0.723 bits per heavy atom. The maximum atomic E-state index is 13.3. The largest absolute Gasteiger partial charge is 0.497 e. The molecule has 8 aromatic rings. The van der Waals surface area contributed by atoms with Crippen molar-refractivity contribution >= 4 is 114 Å². The summed E-state index contributed by atoms with van der Waals surface area (Å²) in [5, 5.41) is 4.29. The third-order valence-corrected chi connectivity index (χ3v) is 26.9. The van der Waals surface area contributed by atoms with E-state index in [9.17, 15) is 72.0 Å². The van der Waals surface area contributed by atoms with Gasteiger partial charge in [-0.3, -0.25) is 51.3 Å². The van der Waals surface area contributed by atoms with Crippen LogP contribution in [0.15, 0.2) is 316 Å². The van der Waals surface area contributed by atoms with E-state index < -0.39 is 134 Å². The normalized spacial score (nSPS) is 21.6. The summed E-state index contributed by atoms with van der Waals surface area (Å²) in [6, 6.07) is 59.2. The van der Waals surface area contributed by atoms with Crippen LogP contribution in [0.4, 0.5) is 5.69 Å². The number of carbonyl (C=O) groups excluding carboxylic acids is 8. The fraction of sp³-hybridized carbons (Fsp3) is 0.155. The van der Waals surface area contributed by atoms with Gasteiger partial charge in [0, 0.05) is 38.4 Å². The number of ether oxygens (including phenoxy) is 2. The van der Waals surface area contributed by atoms with Gasteiger partial charge in [-0.15, -0.1) is 0 Å². The zero-order valence-corrected chi connectivity index (χ0v) is 63.7. The SMILES string of the molecule is CC1=CC(=O)C(=O)C2C(c3ccccc3)=CN(S(=O)(=O)c3ccccc3)C12.CN(C)c1ccc(C2=CN(S(=O)(=O)c3ccccc3)C3C=CC(=O)C(=O)C23)cc1.COc1ccc(C2=NN(S(=O)(=O)c3ccccc3)C3C=CC(=O)C(=O)C23)cc1.COc1cccc(C2=CN(S(=O)(=O)c3ccccc3)C3C=CC(=O)C(=O)C23)c1. The van der Waals surface area contributed by atoms with Crippen LogP contribution in [0.3, 0.4) is 0 Å². The van der Waals surface area contributed by atoms with E-state index in [0.717, 1.165) is 27.8 Å². The molecule has 28 heteroatoms. The van der Waals surface area contributed by atoms with E-state index in [1.54, 1.807) is 128 Å². The Bertz CT molecular complexity index is 5890. The number of carbonyl (C=O) groups is 8. The first kappa shape index (κ1) is 77.5. The van der Waals surface area contributed by atoms with E-state index in [2.05, 4.69) is 5.10 Å². The molecular formula is C84H70N6O18S4. The molecule has 4 aliphatic heterocycles. The third kappa shape index (κ3) is 14.7. The molecule has 0 saturated heterocycles. The quantitative estimate of drug-likeness (QED) is 0.0862. The molecule has 0 bridgehead atoms. The van der Waals surface area contributed by atoms with Gasteiger partial charge in [0.05, 0.1) is 87.4 Å². The van der Waals surface area contributed by atoms with Gasteiger partial charge in [-0.25, -0.2) is 25.3 Å². The van der Waals surface area contributed by atoms with Crippen molar-refractivity contribution in [3.8, 4) is 11.5 Å². The van der Waals surface area contributed by atoms with Crippen LogP contribution in [0.2, 0.25) is 0 Å². The number of fused-ring (bicyclic) bond motifs is 4. The van der Waals surface area contributed by atoms with Gasteiger partial charge >= 0.3 is 0 Å². The second-order valence-corrected chi connectivity index (χ2v) is 34.1. The summed E-state index contributed by atoms with van der Waals surface area (Å²) in [5.41, 5.74) is 5.97. The minimum Gasteiger partial charge on any atom is -0.497 e. The van der Waals surface area contributed by atoms with E-state index >= 15 is 0 Å². The average molecular weight is 1580 g/mol. The van der Waals surface area contributed by atoms with Crippen molar-refractivity contribution in [2.45, 2.75) is 50.7 Å². The summed E-state index contributed by atoms with van der Waals surface area (Å²) in [7, 11) is -8.75. The first-order valence-corrected chi connectivity index (χ1v) is 40.6. The van der Waals surface area contributed by atoms with Gasteiger partial charge in [0.1, 0.15) is 11.5 Å². The first-order valence-electron chi connectivity index (χ1n) is 34.8. The number of methoxy groups -OCH3 is 2. The minimum atomic E-state index is -4.00. The standard InChI is InChI=1S/C22H20N2O4S.C21H17NO5S.C21H17NO4S.C20H16N2O5S/c1-23(2)16-10-8-15(9-11-16)18-14-24(19-12-13-20(25)22(26)21(18)19)29(27,28)17-6-4-3-5-7-17;1-27-15-7-5-6-14(12-15)17-13-22(18-10-11-19(23)21(24)20(17)18)28(25,26)16-8-3-2-4-9-16;1-14-12-18(23)21(24)19-17(15-8-4-2-5-9-15)13-22(20(14)19)27(25,26)16-10-6-3-7-11-16;1-27-14-9-7-13(8-10-14)19-18-16(11-12-17(23)20(18)24)22(21-19)28(25,26)15-5-3-2-4-6-15/h3-14,19,21H,1-2H3;2-13,18,20H,1H3;2-13,19-20H,1H3;2-12,16,18H,1H3. The highest BCUT2D eigenvalue weighted by atomic mass is 32.2. The lowest BCUT2D eigenvalue weighted by Gasteiger charge is -2.31. The van der Waals surface area contributed by atoms with Gasteiger partial charge in [-0.1, -0.05) is 146 Å². The summed E-state index contributed by atoms with van der Waals surface area (Å²) >= 11 is 0. The maximum absolute atomic E-state index is 13.3.